The Morgan fingerprint density at radius 1 is 1.30 bits per heavy atom. The van der Waals surface area contributed by atoms with Crippen LogP contribution in [0.4, 0.5) is 0 Å². The fourth-order valence-electron chi connectivity index (χ4n) is 2.55. The Morgan fingerprint density at radius 2 is 1.95 bits per heavy atom. The number of carbonyl (C=O) groups is 1. The van der Waals surface area contributed by atoms with Gasteiger partial charge in [-0.15, -0.1) is 0 Å². The zero-order valence-electron chi connectivity index (χ0n) is 12.9. The third kappa shape index (κ3) is 3.64. The molecule has 0 aromatic heterocycles. The maximum atomic E-state index is 12.4. The maximum absolute atomic E-state index is 12.4. The summed E-state index contributed by atoms with van der Waals surface area (Å²) in [5.41, 5.74) is 2.13. The number of nitrogens with zero attached hydrogens (tertiary/aromatic N) is 1. The van der Waals surface area contributed by atoms with Crippen molar-refractivity contribution in [2.45, 2.75) is 44.9 Å². The van der Waals surface area contributed by atoms with Crippen molar-refractivity contribution in [3.63, 3.8) is 0 Å². The average Bonchev–Trinajstić information content (AvgIpc) is 2.44. The molecule has 2 nitrogen and oxygen atoms in total. The van der Waals surface area contributed by atoms with Crippen LogP contribution in [0, 0.1) is 0 Å². The molecule has 1 aromatic carbocycles. The predicted molar refractivity (Wildman–Crippen MR) is 87.8 cm³/mol. The lowest BCUT2D eigenvalue weighted by Crippen LogP contribution is -2.46. The summed E-state index contributed by atoms with van der Waals surface area (Å²) in [7, 11) is 0. The number of hydrogen-bond acceptors (Lipinski definition) is 3. The molecule has 1 aromatic rings. The molecule has 2 unspecified atom stereocenters. The van der Waals surface area contributed by atoms with Crippen molar-refractivity contribution in [2.24, 2.45) is 0 Å². The van der Waals surface area contributed by atoms with Crippen LogP contribution in [-0.4, -0.2) is 40.8 Å². The summed E-state index contributed by atoms with van der Waals surface area (Å²) in [5, 5.41) is 0.611. The van der Waals surface area contributed by atoms with E-state index in [9.17, 15) is 4.79 Å². The Morgan fingerprint density at radius 3 is 2.55 bits per heavy atom. The van der Waals surface area contributed by atoms with E-state index in [1.165, 1.54) is 5.56 Å². The van der Waals surface area contributed by atoms with Crippen LogP contribution >= 0.6 is 11.8 Å². The van der Waals surface area contributed by atoms with Crippen LogP contribution in [0.25, 0.3) is 0 Å². The summed E-state index contributed by atoms with van der Waals surface area (Å²) < 4.78 is 0. The molecule has 0 radical (unpaired) electrons. The molecular weight excluding hydrogens is 266 g/mol. The van der Waals surface area contributed by atoms with E-state index in [-0.39, 0.29) is 5.78 Å². The van der Waals surface area contributed by atoms with Gasteiger partial charge in [0.05, 0.1) is 6.54 Å². The molecule has 1 aliphatic heterocycles. The zero-order chi connectivity index (χ0) is 14.7. The van der Waals surface area contributed by atoms with Gasteiger partial charge < -0.3 is 0 Å². The first-order valence-corrected chi connectivity index (χ1v) is 8.52. The van der Waals surface area contributed by atoms with Crippen molar-refractivity contribution in [3.05, 3.63) is 35.4 Å². The molecule has 3 heteroatoms. The highest BCUT2D eigenvalue weighted by atomic mass is 32.2. The van der Waals surface area contributed by atoms with Gasteiger partial charge in [0.15, 0.2) is 5.78 Å². The summed E-state index contributed by atoms with van der Waals surface area (Å²) in [5.74, 6) is 1.89. The molecule has 0 spiro atoms. The second kappa shape index (κ2) is 6.77. The molecule has 1 heterocycles. The smallest absolute Gasteiger partial charge is 0.176 e. The van der Waals surface area contributed by atoms with Crippen LogP contribution < -0.4 is 0 Å². The summed E-state index contributed by atoms with van der Waals surface area (Å²) in [4.78, 5) is 14.7. The molecule has 0 aliphatic carbocycles. The van der Waals surface area contributed by atoms with Crippen molar-refractivity contribution in [1.29, 1.82) is 0 Å². The SMILES string of the molecule is CC(C)c1ccc(C(=O)CN2CCSC(C)C2C)cc1. The Kier molecular flexibility index (Phi) is 5.28. The Bertz CT molecular complexity index is 455. The maximum Gasteiger partial charge on any atom is 0.176 e. The second-order valence-electron chi connectivity index (χ2n) is 5.99. The molecule has 1 saturated heterocycles. The first-order chi connectivity index (χ1) is 9.49. The van der Waals surface area contributed by atoms with E-state index in [2.05, 4.69) is 44.7 Å². The molecular formula is C17H25NOS. The molecule has 2 rings (SSSR count). The summed E-state index contributed by atoms with van der Waals surface area (Å²) in [6.07, 6.45) is 0. The predicted octanol–water partition coefficient (Wildman–Crippen LogP) is 3.82. The van der Waals surface area contributed by atoms with Crippen LogP contribution in [0.1, 0.15) is 49.5 Å². The topological polar surface area (TPSA) is 20.3 Å². The summed E-state index contributed by atoms with van der Waals surface area (Å²) >= 11 is 2.00. The highest BCUT2D eigenvalue weighted by Crippen LogP contribution is 2.24. The van der Waals surface area contributed by atoms with Crippen molar-refractivity contribution < 1.29 is 4.79 Å². The molecule has 0 saturated carbocycles. The lowest BCUT2D eigenvalue weighted by Gasteiger charge is -2.36. The van der Waals surface area contributed by atoms with Crippen molar-refractivity contribution in [3.8, 4) is 0 Å². The van der Waals surface area contributed by atoms with Gasteiger partial charge in [-0.05, 0) is 18.4 Å². The van der Waals surface area contributed by atoms with Gasteiger partial charge in [0, 0.05) is 29.2 Å². The minimum atomic E-state index is 0.242. The minimum absolute atomic E-state index is 0.242. The third-order valence-corrected chi connectivity index (χ3v) is 5.60. The fourth-order valence-corrected chi connectivity index (χ4v) is 3.71. The van der Waals surface area contributed by atoms with Gasteiger partial charge in [0.2, 0.25) is 0 Å². The minimum Gasteiger partial charge on any atom is -0.293 e. The van der Waals surface area contributed by atoms with Gasteiger partial charge in [-0.3, -0.25) is 9.69 Å². The number of rotatable bonds is 4. The third-order valence-electron chi connectivity index (χ3n) is 4.26. The number of thioether (sulfide) groups is 1. The first-order valence-electron chi connectivity index (χ1n) is 7.48. The molecule has 20 heavy (non-hydrogen) atoms. The van der Waals surface area contributed by atoms with Gasteiger partial charge in [-0.1, -0.05) is 45.0 Å². The van der Waals surface area contributed by atoms with Gasteiger partial charge in [-0.2, -0.15) is 11.8 Å². The highest BCUT2D eigenvalue weighted by Gasteiger charge is 2.26. The number of Topliss-reactive ketones (excluding diaryl/α,β-unsaturated/α-hetero) is 1. The van der Waals surface area contributed by atoms with E-state index >= 15 is 0 Å². The Balaban J connectivity index is 2.00. The van der Waals surface area contributed by atoms with Crippen LogP contribution in [0.5, 0.6) is 0 Å². The van der Waals surface area contributed by atoms with E-state index in [1.807, 2.05) is 23.9 Å². The van der Waals surface area contributed by atoms with Crippen molar-refractivity contribution in [2.75, 3.05) is 18.8 Å². The lowest BCUT2D eigenvalue weighted by molar-refractivity contribution is 0.0902. The summed E-state index contributed by atoms with van der Waals surface area (Å²) in [6.45, 7) is 10.4. The van der Waals surface area contributed by atoms with Gasteiger partial charge in [0.1, 0.15) is 0 Å². The number of benzene rings is 1. The van der Waals surface area contributed by atoms with E-state index in [0.717, 1.165) is 17.9 Å². The van der Waals surface area contributed by atoms with E-state index < -0.39 is 0 Å². The Hall–Kier alpha value is -0.800. The molecule has 1 fully saturated rings. The van der Waals surface area contributed by atoms with Gasteiger partial charge in [-0.25, -0.2) is 0 Å². The van der Waals surface area contributed by atoms with Crippen LogP contribution in [-0.2, 0) is 0 Å². The van der Waals surface area contributed by atoms with Crippen molar-refractivity contribution in [1.82, 2.24) is 4.90 Å². The fraction of sp³-hybridized carbons (Fsp3) is 0.588. The quantitative estimate of drug-likeness (QED) is 0.787. The number of hydrogen-bond donors (Lipinski definition) is 0. The highest BCUT2D eigenvalue weighted by molar-refractivity contribution is 8.00. The molecule has 110 valence electrons. The van der Waals surface area contributed by atoms with Crippen LogP contribution in [0.3, 0.4) is 0 Å². The molecule has 0 N–H and O–H groups in total. The Labute approximate surface area is 126 Å². The standard InChI is InChI=1S/C17H25NOS/c1-12(2)15-5-7-16(8-6-15)17(19)11-18-9-10-20-14(4)13(18)3/h5-8,12-14H,9-11H2,1-4H3. The summed E-state index contributed by atoms with van der Waals surface area (Å²) in [6, 6.07) is 8.59. The van der Waals surface area contributed by atoms with Crippen LogP contribution in [0.2, 0.25) is 0 Å². The van der Waals surface area contributed by atoms with Crippen LogP contribution in [0.15, 0.2) is 24.3 Å². The van der Waals surface area contributed by atoms with Crippen molar-refractivity contribution >= 4 is 17.5 Å². The normalized spacial score (nSPS) is 24.1. The lowest BCUT2D eigenvalue weighted by atomic mass is 10.0. The van der Waals surface area contributed by atoms with Gasteiger partial charge in [0.25, 0.3) is 0 Å². The second-order valence-corrected chi connectivity index (χ2v) is 7.47. The average molecular weight is 291 g/mol. The van der Waals surface area contributed by atoms with E-state index in [4.69, 9.17) is 0 Å². The number of carbonyl (C=O) groups excluding carboxylic acids is 1. The molecule has 1 aliphatic rings. The zero-order valence-corrected chi connectivity index (χ0v) is 13.7. The molecule has 2 atom stereocenters. The molecule has 0 bridgehead atoms. The van der Waals surface area contributed by atoms with Gasteiger partial charge >= 0.3 is 0 Å². The van der Waals surface area contributed by atoms with E-state index in [1.54, 1.807) is 0 Å². The molecule has 0 amide bonds. The first kappa shape index (κ1) is 15.6. The largest absolute Gasteiger partial charge is 0.293 e. The van der Waals surface area contributed by atoms with E-state index in [0.29, 0.717) is 23.8 Å². The number of ketones is 1. The monoisotopic (exact) mass is 291 g/mol.